The topological polar surface area (TPSA) is 80.6 Å². The van der Waals surface area contributed by atoms with Crippen LogP contribution in [0.4, 0.5) is 0 Å². The van der Waals surface area contributed by atoms with Crippen LogP contribution in [-0.2, 0) is 9.53 Å². The third-order valence-corrected chi connectivity index (χ3v) is 5.34. The summed E-state index contributed by atoms with van der Waals surface area (Å²) in [5.74, 6) is -0.898. The first-order chi connectivity index (χ1) is 14.1. The smallest absolute Gasteiger partial charge is 0.251 e. The molecule has 1 aliphatic heterocycles. The number of ether oxygens (including phenoxy) is 1. The normalized spacial score (nSPS) is 15.6. The maximum Gasteiger partial charge on any atom is 0.251 e. The van der Waals surface area contributed by atoms with E-state index in [4.69, 9.17) is 4.74 Å². The Kier molecular flexibility index (Phi) is 7.74. The minimum Gasteiger partial charge on any atom is -0.379 e. The average molecular weight is 462 g/mol. The molecule has 0 spiro atoms. The van der Waals surface area contributed by atoms with Crippen LogP contribution in [0.15, 0.2) is 57.9 Å². The third kappa shape index (κ3) is 5.85. The lowest BCUT2D eigenvalue weighted by Crippen LogP contribution is -2.42. The van der Waals surface area contributed by atoms with Gasteiger partial charge in [-0.15, -0.1) is 0 Å². The van der Waals surface area contributed by atoms with E-state index >= 15 is 0 Å². The summed E-state index contributed by atoms with van der Waals surface area (Å²) in [6, 6.07) is 10.1. The van der Waals surface area contributed by atoms with E-state index in [1.807, 2.05) is 0 Å². The molecule has 7 nitrogen and oxygen atoms in total. The van der Waals surface area contributed by atoms with Crippen LogP contribution in [0.25, 0.3) is 0 Å². The molecule has 0 bridgehead atoms. The van der Waals surface area contributed by atoms with E-state index < -0.39 is 23.3 Å². The maximum atomic E-state index is 13.1. The number of carbonyl (C=O) groups excluding carboxylic acids is 2. The Labute approximate surface area is 177 Å². The number of amides is 1. The predicted octanol–water partition coefficient (Wildman–Crippen LogP) is 1.87. The second-order valence-corrected chi connectivity index (χ2v) is 7.73. The van der Waals surface area contributed by atoms with Gasteiger partial charge in [0.05, 0.1) is 13.2 Å². The number of nitrogens with one attached hydrogen (secondary N) is 1. The number of ketones is 1. The van der Waals surface area contributed by atoms with E-state index in [0.717, 1.165) is 43.7 Å². The lowest BCUT2D eigenvalue weighted by Gasteiger charge is -2.26. The molecule has 1 atom stereocenters. The summed E-state index contributed by atoms with van der Waals surface area (Å²) in [5.41, 5.74) is -0.0242. The van der Waals surface area contributed by atoms with Crippen molar-refractivity contribution in [3.63, 3.8) is 0 Å². The first kappa shape index (κ1) is 21.4. The van der Waals surface area contributed by atoms with Crippen molar-refractivity contribution in [1.29, 1.82) is 0 Å². The Morgan fingerprint density at radius 3 is 2.52 bits per heavy atom. The van der Waals surface area contributed by atoms with Gasteiger partial charge in [-0.1, -0.05) is 34.1 Å². The van der Waals surface area contributed by atoms with Gasteiger partial charge in [0.2, 0.25) is 0 Å². The van der Waals surface area contributed by atoms with E-state index in [1.54, 1.807) is 36.4 Å². The molecule has 1 saturated heterocycles. The molecule has 2 heterocycles. The fourth-order valence-corrected chi connectivity index (χ4v) is 3.50. The van der Waals surface area contributed by atoms with E-state index in [9.17, 15) is 14.4 Å². The van der Waals surface area contributed by atoms with Crippen LogP contribution in [0.1, 0.15) is 22.8 Å². The summed E-state index contributed by atoms with van der Waals surface area (Å²) in [6.07, 6.45) is 2.23. The van der Waals surface area contributed by atoms with Crippen molar-refractivity contribution in [2.75, 3.05) is 39.4 Å². The number of Topliss-reactive ketones (excluding diaryl/α,β-unsaturated/α-hetero) is 1. The summed E-state index contributed by atoms with van der Waals surface area (Å²) in [4.78, 5) is 40.5. The number of nitrogens with zero attached hydrogens (tertiary/aromatic N) is 2. The Balaban J connectivity index is 1.69. The van der Waals surface area contributed by atoms with Gasteiger partial charge in [-0.05, 0) is 31.2 Å². The SMILES string of the molecule is O=C(NCCCN1CCOCC1)[C@H](C(=O)c1ccc(Br)cc1)n1ccccc1=O. The zero-order valence-electron chi connectivity index (χ0n) is 16.1. The van der Waals surface area contributed by atoms with Crippen LogP contribution < -0.4 is 10.9 Å². The lowest BCUT2D eigenvalue weighted by molar-refractivity contribution is -0.123. The highest BCUT2D eigenvalue weighted by molar-refractivity contribution is 9.10. The van der Waals surface area contributed by atoms with Gasteiger partial charge in [0.15, 0.2) is 11.8 Å². The molecule has 0 radical (unpaired) electrons. The molecule has 0 aliphatic carbocycles. The highest BCUT2D eigenvalue weighted by Gasteiger charge is 2.29. The summed E-state index contributed by atoms with van der Waals surface area (Å²) >= 11 is 3.33. The molecule has 0 unspecified atom stereocenters. The monoisotopic (exact) mass is 461 g/mol. The number of pyridine rings is 1. The number of hydrogen-bond donors (Lipinski definition) is 1. The second kappa shape index (κ2) is 10.5. The summed E-state index contributed by atoms with van der Waals surface area (Å²) in [6.45, 7) is 4.51. The number of hydrogen-bond acceptors (Lipinski definition) is 5. The van der Waals surface area contributed by atoms with Crippen molar-refractivity contribution in [3.05, 3.63) is 69.1 Å². The lowest BCUT2D eigenvalue weighted by atomic mass is 10.0. The number of carbonyl (C=O) groups is 2. The molecule has 3 rings (SSSR count). The van der Waals surface area contributed by atoms with Gasteiger partial charge >= 0.3 is 0 Å². The first-order valence-corrected chi connectivity index (χ1v) is 10.4. The van der Waals surface area contributed by atoms with Gasteiger partial charge in [-0.3, -0.25) is 23.9 Å². The molecular weight excluding hydrogens is 438 g/mol. The fourth-order valence-electron chi connectivity index (χ4n) is 3.23. The highest BCUT2D eigenvalue weighted by atomic mass is 79.9. The summed E-state index contributed by atoms with van der Waals surface area (Å²) < 4.78 is 7.34. The standard InChI is InChI=1S/C21H24BrN3O4/c22-17-7-5-16(6-8-17)20(27)19(25-11-2-1-4-18(25)26)21(28)23-9-3-10-24-12-14-29-15-13-24/h1-2,4-8,11,19H,3,9-10,12-15H2,(H,23,28)/t19-/m0/s1. The maximum absolute atomic E-state index is 13.1. The van der Waals surface area contributed by atoms with Gasteiger partial charge in [0, 0.05) is 41.9 Å². The molecule has 8 heteroatoms. The molecular formula is C21H24BrN3O4. The first-order valence-electron chi connectivity index (χ1n) is 9.61. The van der Waals surface area contributed by atoms with Crippen molar-refractivity contribution < 1.29 is 14.3 Å². The number of morpholine rings is 1. The van der Waals surface area contributed by atoms with Gasteiger partial charge in [-0.25, -0.2) is 0 Å². The molecule has 1 N–H and O–H groups in total. The molecule has 1 aliphatic rings. The minimum atomic E-state index is -1.24. The van der Waals surface area contributed by atoms with Crippen molar-refractivity contribution in [3.8, 4) is 0 Å². The van der Waals surface area contributed by atoms with Crippen LogP contribution in [0, 0.1) is 0 Å². The molecule has 29 heavy (non-hydrogen) atoms. The van der Waals surface area contributed by atoms with E-state index in [2.05, 4.69) is 26.1 Å². The zero-order valence-corrected chi connectivity index (χ0v) is 17.6. The van der Waals surface area contributed by atoms with Crippen molar-refractivity contribution >= 4 is 27.6 Å². The van der Waals surface area contributed by atoms with Gasteiger partial charge in [0.25, 0.3) is 11.5 Å². The Morgan fingerprint density at radius 1 is 1.10 bits per heavy atom. The largest absolute Gasteiger partial charge is 0.379 e. The van der Waals surface area contributed by atoms with Crippen LogP contribution >= 0.6 is 15.9 Å². The zero-order chi connectivity index (χ0) is 20.6. The average Bonchev–Trinajstić information content (AvgIpc) is 2.74. The number of benzene rings is 1. The quantitative estimate of drug-likeness (QED) is 0.368. The second-order valence-electron chi connectivity index (χ2n) is 6.82. The van der Waals surface area contributed by atoms with E-state index in [0.29, 0.717) is 12.1 Å². The Hall–Kier alpha value is -2.29. The molecule has 154 valence electrons. The van der Waals surface area contributed by atoms with E-state index in [1.165, 1.54) is 16.8 Å². The number of rotatable bonds is 8. The number of halogens is 1. The van der Waals surface area contributed by atoms with Crippen LogP contribution in [0.2, 0.25) is 0 Å². The number of aromatic nitrogens is 1. The van der Waals surface area contributed by atoms with Crippen molar-refractivity contribution in [2.24, 2.45) is 0 Å². The van der Waals surface area contributed by atoms with Crippen LogP contribution in [0.5, 0.6) is 0 Å². The molecule has 2 aromatic rings. The minimum absolute atomic E-state index is 0.373. The van der Waals surface area contributed by atoms with Crippen LogP contribution in [0.3, 0.4) is 0 Å². The molecule has 1 aromatic carbocycles. The summed E-state index contributed by atoms with van der Waals surface area (Å²) in [7, 11) is 0. The highest BCUT2D eigenvalue weighted by Crippen LogP contribution is 2.17. The van der Waals surface area contributed by atoms with Crippen molar-refractivity contribution in [2.45, 2.75) is 12.5 Å². The van der Waals surface area contributed by atoms with Gasteiger partial charge < -0.3 is 10.1 Å². The fraction of sp³-hybridized carbons (Fsp3) is 0.381. The Morgan fingerprint density at radius 2 is 1.83 bits per heavy atom. The van der Waals surface area contributed by atoms with Gasteiger partial charge in [0.1, 0.15) is 0 Å². The molecule has 1 aromatic heterocycles. The van der Waals surface area contributed by atoms with E-state index in [-0.39, 0.29) is 0 Å². The molecule has 1 amide bonds. The molecule has 0 saturated carbocycles. The third-order valence-electron chi connectivity index (χ3n) is 4.81. The Bertz CT molecular complexity index is 891. The summed E-state index contributed by atoms with van der Waals surface area (Å²) in [5, 5.41) is 2.82. The predicted molar refractivity (Wildman–Crippen MR) is 113 cm³/mol. The van der Waals surface area contributed by atoms with Crippen LogP contribution in [-0.4, -0.2) is 60.6 Å². The van der Waals surface area contributed by atoms with Crippen molar-refractivity contribution in [1.82, 2.24) is 14.8 Å². The molecule has 1 fully saturated rings. The van der Waals surface area contributed by atoms with Gasteiger partial charge in [-0.2, -0.15) is 0 Å².